The van der Waals surface area contributed by atoms with Gasteiger partial charge in [0.1, 0.15) is 0 Å². The van der Waals surface area contributed by atoms with E-state index in [0.29, 0.717) is 6.04 Å². The van der Waals surface area contributed by atoms with Gasteiger partial charge in [0.2, 0.25) is 0 Å². The molecular weight excluding hydrogens is 248 g/mol. The van der Waals surface area contributed by atoms with Crippen LogP contribution in [0.5, 0.6) is 0 Å². The topological polar surface area (TPSA) is 47.1 Å². The lowest BCUT2D eigenvalue weighted by molar-refractivity contribution is 0.123. The molecular formula is C16H30N4. The van der Waals surface area contributed by atoms with Gasteiger partial charge in [0.05, 0.1) is 5.69 Å². The summed E-state index contributed by atoms with van der Waals surface area (Å²) in [5.74, 6) is 0. The van der Waals surface area contributed by atoms with Crippen LogP contribution < -0.4 is 5.73 Å². The minimum absolute atomic E-state index is 0.0522. The maximum atomic E-state index is 6.49. The van der Waals surface area contributed by atoms with Crippen molar-refractivity contribution in [2.45, 2.75) is 71.0 Å². The van der Waals surface area contributed by atoms with E-state index >= 15 is 0 Å². The van der Waals surface area contributed by atoms with E-state index in [-0.39, 0.29) is 11.6 Å². The van der Waals surface area contributed by atoms with Gasteiger partial charge in [-0.25, -0.2) is 0 Å². The van der Waals surface area contributed by atoms with Gasteiger partial charge in [0.25, 0.3) is 0 Å². The molecule has 20 heavy (non-hydrogen) atoms. The Bertz CT molecular complexity index is 418. The summed E-state index contributed by atoms with van der Waals surface area (Å²) in [6.07, 6.45) is 6.65. The zero-order chi connectivity index (χ0) is 14.8. The fourth-order valence-corrected chi connectivity index (χ4v) is 2.92. The Balaban J connectivity index is 1.99. The number of hydrogen-bond acceptors (Lipinski definition) is 3. The fourth-order valence-electron chi connectivity index (χ4n) is 2.92. The molecule has 4 heteroatoms. The van der Waals surface area contributed by atoms with E-state index in [1.807, 2.05) is 0 Å². The van der Waals surface area contributed by atoms with Crippen LogP contribution in [0.3, 0.4) is 0 Å². The number of likely N-dealkylation sites (tertiary alicyclic amines) is 1. The Morgan fingerprint density at radius 1 is 1.35 bits per heavy atom. The van der Waals surface area contributed by atoms with Crippen molar-refractivity contribution >= 4 is 0 Å². The SMILES string of the molecule is CCC(C)n1ccc(CC(N)C(C)(C)N2CCCC2)n1. The second-order valence-corrected chi connectivity index (χ2v) is 6.70. The lowest BCUT2D eigenvalue weighted by Crippen LogP contribution is -2.56. The van der Waals surface area contributed by atoms with Crippen molar-refractivity contribution in [1.82, 2.24) is 14.7 Å². The highest BCUT2D eigenvalue weighted by Gasteiger charge is 2.34. The molecule has 0 aliphatic carbocycles. The van der Waals surface area contributed by atoms with Crippen molar-refractivity contribution in [3.63, 3.8) is 0 Å². The number of rotatable bonds is 6. The van der Waals surface area contributed by atoms with Crippen LogP contribution in [-0.4, -0.2) is 39.4 Å². The summed E-state index contributed by atoms with van der Waals surface area (Å²) in [5, 5.41) is 4.68. The minimum atomic E-state index is 0.0522. The van der Waals surface area contributed by atoms with Gasteiger partial charge in [-0.15, -0.1) is 0 Å². The molecule has 2 rings (SSSR count). The molecule has 114 valence electrons. The van der Waals surface area contributed by atoms with Crippen LogP contribution in [0.25, 0.3) is 0 Å². The quantitative estimate of drug-likeness (QED) is 0.870. The molecule has 0 amide bonds. The largest absolute Gasteiger partial charge is 0.326 e. The summed E-state index contributed by atoms with van der Waals surface area (Å²) in [5.41, 5.74) is 7.66. The first-order valence-electron chi connectivity index (χ1n) is 7.99. The van der Waals surface area contributed by atoms with Crippen molar-refractivity contribution < 1.29 is 0 Å². The van der Waals surface area contributed by atoms with Gasteiger partial charge in [-0.3, -0.25) is 9.58 Å². The molecule has 0 bridgehead atoms. The molecule has 2 heterocycles. The molecule has 1 saturated heterocycles. The molecule has 0 saturated carbocycles. The second-order valence-electron chi connectivity index (χ2n) is 6.70. The maximum Gasteiger partial charge on any atom is 0.0640 e. The number of aromatic nitrogens is 2. The molecule has 0 spiro atoms. The Labute approximate surface area is 123 Å². The Hall–Kier alpha value is -0.870. The van der Waals surface area contributed by atoms with Crippen molar-refractivity contribution in [1.29, 1.82) is 0 Å². The van der Waals surface area contributed by atoms with Gasteiger partial charge in [0, 0.05) is 30.2 Å². The zero-order valence-corrected chi connectivity index (χ0v) is 13.5. The van der Waals surface area contributed by atoms with Crippen molar-refractivity contribution in [3.05, 3.63) is 18.0 Å². The van der Waals surface area contributed by atoms with E-state index in [0.717, 1.165) is 18.5 Å². The molecule has 1 fully saturated rings. The van der Waals surface area contributed by atoms with E-state index in [1.54, 1.807) is 0 Å². The highest BCUT2D eigenvalue weighted by molar-refractivity contribution is 5.06. The van der Waals surface area contributed by atoms with Crippen molar-refractivity contribution in [2.24, 2.45) is 5.73 Å². The molecule has 1 aliphatic heterocycles. The summed E-state index contributed by atoms with van der Waals surface area (Å²) in [7, 11) is 0. The third-order valence-corrected chi connectivity index (χ3v) is 4.96. The molecule has 0 radical (unpaired) electrons. The van der Waals surface area contributed by atoms with Crippen LogP contribution in [0.2, 0.25) is 0 Å². The van der Waals surface area contributed by atoms with Crippen LogP contribution in [0, 0.1) is 0 Å². The predicted octanol–water partition coefficient (Wildman–Crippen LogP) is 2.60. The second kappa shape index (κ2) is 6.27. The smallest absolute Gasteiger partial charge is 0.0640 e. The van der Waals surface area contributed by atoms with Crippen LogP contribution in [0.4, 0.5) is 0 Å². The molecule has 1 aliphatic rings. The summed E-state index contributed by atoms with van der Waals surface area (Å²) in [4.78, 5) is 2.53. The van der Waals surface area contributed by atoms with Crippen LogP contribution in [0.15, 0.2) is 12.3 Å². The first-order chi connectivity index (χ1) is 9.45. The molecule has 1 aromatic rings. The third-order valence-electron chi connectivity index (χ3n) is 4.96. The van der Waals surface area contributed by atoms with Gasteiger partial charge in [-0.1, -0.05) is 6.92 Å². The standard InChI is InChI=1S/C16H30N4/c1-5-13(2)20-11-8-14(18-20)12-15(17)16(3,4)19-9-6-7-10-19/h8,11,13,15H,5-7,9-10,12,17H2,1-4H3. The van der Waals surface area contributed by atoms with Gasteiger partial charge >= 0.3 is 0 Å². The average Bonchev–Trinajstić information content (AvgIpc) is 3.08. The summed E-state index contributed by atoms with van der Waals surface area (Å²) in [6.45, 7) is 11.3. The Kier molecular flexibility index (Phi) is 4.86. The Morgan fingerprint density at radius 3 is 2.60 bits per heavy atom. The van der Waals surface area contributed by atoms with Crippen molar-refractivity contribution in [3.8, 4) is 0 Å². The van der Waals surface area contributed by atoms with Gasteiger partial charge in [0.15, 0.2) is 0 Å². The molecule has 0 aromatic carbocycles. The molecule has 2 N–H and O–H groups in total. The minimum Gasteiger partial charge on any atom is -0.326 e. The van der Waals surface area contributed by atoms with Gasteiger partial charge < -0.3 is 5.73 Å². The van der Waals surface area contributed by atoms with E-state index in [4.69, 9.17) is 5.73 Å². The van der Waals surface area contributed by atoms with E-state index in [2.05, 4.69) is 54.6 Å². The highest BCUT2D eigenvalue weighted by atomic mass is 15.3. The number of nitrogens with zero attached hydrogens (tertiary/aromatic N) is 3. The van der Waals surface area contributed by atoms with E-state index in [9.17, 15) is 0 Å². The van der Waals surface area contributed by atoms with Gasteiger partial charge in [-0.05, 0) is 59.2 Å². The Morgan fingerprint density at radius 2 is 2.00 bits per heavy atom. The number of nitrogens with two attached hydrogens (primary N) is 1. The molecule has 4 nitrogen and oxygen atoms in total. The normalized spacial score (nSPS) is 20.2. The summed E-state index contributed by atoms with van der Waals surface area (Å²) in [6, 6.07) is 2.71. The van der Waals surface area contributed by atoms with Crippen LogP contribution in [0.1, 0.15) is 58.7 Å². The lowest BCUT2D eigenvalue weighted by Gasteiger charge is -2.40. The molecule has 1 aromatic heterocycles. The summed E-state index contributed by atoms with van der Waals surface area (Å²) < 4.78 is 2.06. The zero-order valence-electron chi connectivity index (χ0n) is 13.5. The van der Waals surface area contributed by atoms with Crippen LogP contribution >= 0.6 is 0 Å². The molecule has 2 atom stereocenters. The average molecular weight is 278 g/mol. The van der Waals surface area contributed by atoms with Gasteiger partial charge in [-0.2, -0.15) is 5.10 Å². The van der Waals surface area contributed by atoms with Crippen LogP contribution in [-0.2, 0) is 6.42 Å². The number of hydrogen-bond donors (Lipinski definition) is 1. The monoisotopic (exact) mass is 278 g/mol. The maximum absolute atomic E-state index is 6.49. The van der Waals surface area contributed by atoms with Crippen molar-refractivity contribution in [2.75, 3.05) is 13.1 Å². The fraction of sp³-hybridized carbons (Fsp3) is 0.812. The highest BCUT2D eigenvalue weighted by Crippen LogP contribution is 2.25. The lowest BCUT2D eigenvalue weighted by atomic mass is 9.90. The predicted molar refractivity (Wildman–Crippen MR) is 83.8 cm³/mol. The van der Waals surface area contributed by atoms with E-state index in [1.165, 1.54) is 25.9 Å². The first-order valence-corrected chi connectivity index (χ1v) is 7.99. The van der Waals surface area contributed by atoms with E-state index < -0.39 is 0 Å². The summed E-state index contributed by atoms with van der Waals surface area (Å²) >= 11 is 0. The first kappa shape index (κ1) is 15.5. The third kappa shape index (κ3) is 3.23. The molecule has 2 unspecified atom stereocenters.